The number of benzene rings is 1. The van der Waals surface area contributed by atoms with E-state index in [9.17, 15) is 9.59 Å². The van der Waals surface area contributed by atoms with E-state index in [4.69, 9.17) is 21.4 Å². The van der Waals surface area contributed by atoms with Crippen LogP contribution in [0, 0.1) is 0 Å². The molecule has 1 aromatic heterocycles. The molecule has 0 saturated carbocycles. The Kier molecular flexibility index (Phi) is 3.48. The number of aromatic carboxylic acids is 1. The maximum Gasteiger partial charge on any atom is 0.418 e. The molecule has 1 aromatic carbocycles. The molecule has 20 heavy (non-hydrogen) atoms. The van der Waals surface area contributed by atoms with Crippen LogP contribution < -0.4 is 0 Å². The standard InChI is InChI=1S/C14H14ClNO4/c1-14(2,3)20-13(19)16-7-6-8-10(16)5-4-9(11(8)15)12(17)18/h4-7H,1-3H3,(H,17,18). The first-order valence-electron chi connectivity index (χ1n) is 5.97. The van der Waals surface area contributed by atoms with Gasteiger partial charge in [0, 0.05) is 11.6 Å². The molecule has 6 heteroatoms. The molecule has 0 fully saturated rings. The molecular weight excluding hydrogens is 282 g/mol. The van der Waals surface area contributed by atoms with Crippen LogP contribution in [0.4, 0.5) is 4.79 Å². The maximum atomic E-state index is 12.0. The third-order valence-corrected chi connectivity index (χ3v) is 3.03. The summed E-state index contributed by atoms with van der Waals surface area (Å²) in [6.07, 6.45) is 0.975. The monoisotopic (exact) mass is 295 g/mol. The molecule has 2 aromatic rings. The minimum Gasteiger partial charge on any atom is -0.478 e. The van der Waals surface area contributed by atoms with Crippen molar-refractivity contribution in [3.63, 3.8) is 0 Å². The highest BCUT2D eigenvalue weighted by Gasteiger charge is 2.20. The average Bonchev–Trinajstić information content (AvgIpc) is 2.71. The fraction of sp³-hybridized carbons (Fsp3) is 0.286. The van der Waals surface area contributed by atoms with Crippen molar-refractivity contribution in [3.05, 3.63) is 35.0 Å². The first kappa shape index (κ1) is 14.4. The van der Waals surface area contributed by atoms with Crippen molar-refractivity contribution in [2.75, 3.05) is 0 Å². The molecule has 0 unspecified atom stereocenters. The van der Waals surface area contributed by atoms with Crippen LogP contribution in [0.2, 0.25) is 5.02 Å². The van der Waals surface area contributed by atoms with Gasteiger partial charge < -0.3 is 9.84 Å². The fourth-order valence-corrected chi connectivity index (χ4v) is 2.12. The van der Waals surface area contributed by atoms with Crippen molar-refractivity contribution in [2.45, 2.75) is 26.4 Å². The normalized spacial score (nSPS) is 11.6. The summed E-state index contributed by atoms with van der Waals surface area (Å²) in [6, 6.07) is 4.50. The summed E-state index contributed by atoms with van der Waals surface area (Å²) in [5.41, 5.74) is -0.103. The van der Waals surface area contributed by atoms with Crippen LogP contribution in [0.25, 0.3) is 10.9 Å². The van der Waals surface area contributed by atoms with Gasteiger partial charge in [-0.1, -0.05) is 11.6 Å². The van der Waals surface area contributed by atoms with Crippen molar-refractivity contribution >= 4 is 34.6 Å². The van der Waals surface area contributed by atoms with Crippen molar-refractivity contribution in [1.82, 2.24) is 4.57 Å². The van der Waals surface area contributed by atoms with Crippen LogP contribution in [0.15, 0.2) is 24.4 Å². The number of carboxylic acid groups (broad SMARTS) is 1. The lowest BCUT2D eigenvalue weighted by Gasteiger charge is -2.19. The van der Waals surface area contributed by atoms with E-state index in [1.807, 2.05) is 0 Å². The predicted octanol–water partition coefficient (Wildman–Crippen LogP) is 3.78. The molecule has 0 amide bonds. The van der Waals surface area contributed by atoms with Gasteiger partial charge in [-0.25, -0.2) is 9.59 Å². The van der Waals surface area contributed by atoms with E-state index in [1.165, 1.54) is 22.9 Å². The van der Waals surface area contributed by atoms with Gasteiger partial charge in [0.15, 0.2) is 0 Å². The highest BCUT2D eigenvalue weighted by Crippen LogP contribution is 2.28. The molecule has 2 rings (SSSR count). The first-order chi connectivity index (χ1) is 9.20. The van der Waals surface area contributed by atoms with E-state index in [0.29, 0.717) is 10.9 Å². The molecule has 0 aliphatic rings. The Morgan fingerprint density at radius 3 is 2.45 bits per heavy atom. The SMILES string of the molecule is CC(C)(C)OC(=O)n1ccc2c(Cl)c(C(=O)O)ccc21. The van der Waals surface area contributed by atoms with Crippen molar-refractivity contribution in [2.24, 2.45) is 0 Å². The summed E-state index contributed by atoms with van der Waals surface area (Å²) in [6.45, 7) is 5.31. The topological polar surface area (TPSA) is 68.5 Å². The highest BCUT2D eigenvalue weighted by atomic mass is 35.5. The van der Waals surface area contributed by atoms with Crippen molar-refractivity contribution in [1.29, 1.82) is 0 Å². The van der Waals surface area contributed by atoms with Gasteiger partial charge in [0.1, 0.15) is 5.60 Å². The Morgan fingerprint density at radius 1 is 1.25 bits per heavy atom. The Labute approximate surface area is 120 Å². The molecule has 0 saturated heterocycles. The number of nitrogens with zero attached hydrogens (tertiary/aromatic N) is 1. The zero-order chi connectivity index (χ0) is 15.1. The van der Waals surface area contributed by atoms with Crippen LogP contribution in [0.3, 0.4) is 0 Å². The van der Waals surface area contributed by atoms with Gasteiger partial charge in [0.25, 0.3) is 0 Å². The molecule has 0 spiro atoms. The van der Waals surface area contributed by atoms with Gasteiger partial charge in [0.05, 0.1) is 16.1 Å². The highest BCUT2D eigenvalue weighted by molar-refractivity contribution is 6.38. The van der Waals surface area contributed by atoms with E-state index in [1.54, 1.807) is 26.8 Å². The van der Waals surface area contributed by atoms with E-state index >= 15 is 0 Å². The van der Waals surface area contributed by atoms with Gasteiger partial charge in [-0.3, -0.25) is 4.57 Å². The average molecular weight is 296 g/mol. The molecule has 5 nitrogen and oxygen atoms in total. The number of hydrogen-bond acceptors (Lipinski definition) is 3. The van der Waals surface area contributed by atoms with Crippen molar-refractivity contribution in [3.8, 4) is 0 Å². The zero-order valence-electron chi connectivity index (χ0n) is 11.3. The second kappa shape index (κ2) is 4.83. The van der Waals surface area contributed by atoms with Gasteiger partial charge in [-0.2, -0.15) is 0 Å². The summed E-state index contributed by atoms with van der Waals surface area (Å²) < 4.78 is 6.58. The number of carbonyl (C=O) groups is 2. The number of carbonyl (C=O) groups excluding carboxylic acids is 1. The smallest absolute Gasteiger partial charge is 0.418 e. The fourth-order valence-electron chi connectivity index (χ4n) is 1.82. The number of ether oxygens (including phenoxy) is 1. The molecule has 0 radical (unpaired) electrons. The van der Waals surface area contributed by atoms with Crippen LogP contribution >= 0.6 is 11.6 Å². The molecule has 1 heterocycles. The van der Waals surface area contributed by atoms with Gasteiger partial charge in [-0.15, -0.1) is 0 Å². The first-order valence-corrected chi connectivity index (χ1v) is 6.35. The van der Waals surface area contributed by atoms with Gasteiger partial charge in [0.2, 0.25) is 0 Å². The molecule has 0 atom stereocenters. The minimum atomic E-state index is -1.11. The van der Waals surface area contributed by atoms with Crippen LogP contribution in [-0.4, -0.2) is 27.3 Å². The summed E-state index contributed by atoms with van der Waals surface area (Å²) in [7, 11) is 0. The largest absolute Gasteiger partial charge is 0.478 e. The number of hydrogen-bond donors (Lipinski definition) is 1. The lowest BCUT2D eigenvalue weighted by Crippen LogP contribution is -2.26. The maximum absolute atomic E-state index is 12.0. The Hall–Kier alpha value is -2.01. The number of carboxylic acids is 1. The van der Waals surface area contributed by atoms with Crippen LogP contribution in [-0.2, 0) is 4.74 Å². The van der Waals surface area contributed by atoms with Crippen molar-refractivity contribution < 1.29 is 19.4 Å². The third kappa shape index (κ3) is 2.63. The summed E-state index contributed by atoms with van der Waals surface area (Å²) in [5, 5.41) is 9.62. The summed E-state index contributed by atoms with van der Waals surface area (Å²) >= 11 is 6.04. The van der Waals surface area contributed by atoms with Crippen LogP contribution in [0.5, 0.6) is 0 Å². The molecular formula is C14H14ClNO4. The minimum absolute atomic E-state index is 0.00102. The van der Waals surface area contributed by atoms with Gasteiger partial charge >= 0.3 is 12.1 Å². The van der Waals surface area contributed by atoms with E-state index in [0.717, 1.165) is 0 Å². The van der Waals surface area contributed by atoms with E-state index in [2.05, 4.69) is 0 Å². The predicted molar refractivity (Wildman–Crippen MR) is 75.5 cm³/mol. The number of aromatic nitrogens is 1. The van der Waals surface area contributed by atoms with E-state index in [-0.39, 0.29) is 10.6 Å². The Morgan fingerprint density at radius 2 is 1.90 bits per heavy atom. The van der Waals surface area contributed by atoms with Gasteiger partial charge in [-0.05, 0) is 39.0 Å². The molecule has 1 N–H and O–H groups in total. The second-order valence-electron chi connectivity index (χ2n) is 5.33. The molecule has 0 bridgehead atoms. The van der Waals surface area contributed by atoms with Crippen LogP contribution in [0.1, 0.15) is 31.1 Å². The second-order valence-corrected chi connectivity index (χ2v) is 5.71. The lowest BCUT2D eigenvalue weighted by atomic mass is 10.1. The molecule has 106 valence electrons. The third-order valence-electron chi connectivity index (χ3n) is 2.63. The number of rotatable bonds is 1. The number of halogens is 1. The zero-order valence-corrected chi connectivity index (χ0v) is 12.1. The number of fused-ring (bicyclic) bond motifs is 1. The summed E-state index contributed by atoms with van der Waals surface area (Å²) in [4.78, 5) is 23.1. The molecule has 0 aliphatic carbocycles. The summed E-state index contributed by atoms with van der Waals surface area (Å²) in [5.74, 6) is -1.11. The quantitative estimate of drug-likeness (QED) is 0.869. The lowest BCUT2D eigenvalue weighted by molar-refractivity contribution is 0.0544. The Balaban J connectivity index is 2.51. The van der Waals surface area contributed by atoms with E-state index < -0.39 is 17.7 Å². The molecule has 0 aliphatic heterocycles. The Bertz CT molecular complexity index is 697.